The highest BCUT2D eigenvalue weighted by atomic mass is 16.2. The largest absolute Gasteiger partial charge is 0.359 e. The first-order chi connectivity index (χ1) is 12.6. The van der Waals surface area contributed by atoms with Gasteiger partial charge in [-0.2, -0.15) is 0 Å². The fraction of sp³-hybridized carbons (Fsp3) is 0.227. The first-order valence-corrected chi connectivity index (χ1v) is 8.95. The first kappa shape index (κ1) is 16.5. The topological polar surface area (TPSA) is 35.6 Å². The molecule has 0 saturated carbocycles. The van der Waals surface area contributed by atoms with Crippen LogP contribution in [0.25, 0.3) is 5.70 Å². The van der Waals surface area contributed by atoms with Crippen molar-refractivity contribution in [2.45, 2.75) is 5.92 Å². The maximum absolute atomic E-state index is 13.1. The molecule has 2 aromatic carbocycles. The summed E-state index contributed by atoms with van der Waals surface area (Å²) in [4.78, 5) is 17.1. The molecular weight excluding hydrogens is 322 g/mol. The Bertz CT molecular complexity index is 871. The van der Waals surface area contributed by atoms with Crippen LogP contribution in [-0.4, -0.2) is 42.9 Å². The zero-order valence-corrected chi connectivity index (χ0v) is 15.1. The minimum atomic E-state index is -0.0712. The van der Waals surface area contributed by atoms with E-state index in [1.54, 1.807) is 0 Å². The Kier molecular flexibility index (Phi) is 4.25. The molecule has 0 aromatic heterocycles. The summed E-state index contributed by atoms with van der Waals surface area (Å²) in [6, 6.07) is 20.5. The molecule has 4 nitrogen and oxygen atoms in total. The van der Waals surface area contributed by atoms with E-state index in [2.05, 4.69) is 40.6 Å². The molecule has 4 rings (SSSR count). The Labute approximate surface area is 154 Å². The highest BCUT2D eigenvalue weighted by molar-refractivity contribution is 5.98. The van der Waals surface area contributed by atoms with E-state index in [9.17, 15) is 4.79 Å². The fourth-order valence-electron chi connectivity index (χ4n) is 3.60. The first-order valence-electron chi connectivity index (χ1n) is 8.95. The summed E-state index contributed by atoms with van der Waals surface area (Å²) >= 11 is 0. The molecule has 0 bridgehead atoms. The van der Waals surface area contributed by atoms with Gasteiger partial charge in [0.1, 0.15) is 5.82 Å². The molecule has 1 N–H and O–H groups in total. The Morgan fingerprint density at radius 2 is 1.50 bits per heavy atom. The Morgan fingerprint density at radius 1 is 0.885 bits per heavy atom. The second kappa shape index (κ2) is 6.71. The average molecular weight is 345 g/mol. The number of allylic oxidation sites excluding steroid dienone is 1. The molecule has 2 aromatic rings. The predicted octanol–water partition coefficient (Wildman–Crippen LogP) is 3.03. The minimum absolute atomic E-state index is 0.0712. The lowest BCUT2D eigenvalue weighted by molar-refractivity contribution is -0.125. The molecule has 1 amide bonds. The number of benzene rings is 2. The van der Waals surface area contributed by atoms with Gasteiger partial charge in [0, 0.05) is 38.8 Å². The Balaban J connectivity index is 1.87. The van der Waals surface area contributed by atoms with Crippen LogP contribution in [0.1, 0.15) is 17.0 Å². The fourth-order valence-corrected chi connectivity index (χ4v) is 3.60. The van der Waals surface area contributed by atoms with Gasteiger partial charge < -0.3 is 15.1 Å². The van der Waals surface area contributed by atoms with Gasteiger partial charge in [-0.3, -0.25) is 4.79 Å². The van der Waals surface area contributed by atoms with Crippen molar-refractivity contribution in [1.29, 1.82) is 0 Å². The number of hydrogen-bond acceptors (Lipinski definition) is 3. The number of amides is 1. The summed E-state index contributed by atoms with van der Waals surface area (Å²) in [6.07, 6.45) is 2.17. The summed E-state index contributed by atoms with van der Waals surface area (Å²) in [5.74, 6) is 0.932. The van der Waals surface area contributed by atoms with Crippen molar-refractivity contribution in [3.05, 3.63) is 89.3 Å². The third kappa shape index (κ3) is 2.88. The van der Waals surface area contributed by atoms with E-state index in [0.29, 0.717) is 6.54 Å². The van der Waals surface area contributed by atoms with Crippen molar-refractivity contribution < 1.29 is 4.79 Å². The van der Waals surface area contributed by atoms with Gasteiger partial charge in [-0.25, -0.2) is 0 Å². The normalized spacial score (nSPS) is 20.3. The van der Waals surface area contributed by atoms with Gasteiger partial charge in [0.2, 0.25) is 0 Å². The van der Waals surface area contributed by atoms with E-state index in [-0.39, 0.29) is 11.8 Å². The summed E-state index contributed by atoms with van der Waals surface area (Å²) in [5, 5.41) is 3.53. The molecule has 0 saturated heterocycles. The van der Waals surface area contributed by atoms with Gasteiger partial charge in [0.05, 0.1) is 5.57 Å². The molecule has 2 heterocycles. The average Bonchev–Trinajstić information content (AvgIpc) is 2.81. The van der Waals surface area contributed by atoms with Crippen molar-refractivity contribution in [2.75, 3.05) is 27.2 Å². The number of hydrogen-bond donors (Lipinski definition) is 1. The Morgan fingerprint density at radius 3 is 2.19 bits per heavy atom. The number of likely N-dealkylation sites (N-methyl/N-ethyl adjacent to an activating group) is 2. The van der Waals surface area contributed by atoms with Crippen molar-refractivity contribution in [3.8, 4) is 0 Å². The van der Waals surface area contributed by atoms with Gasteiger partial charge in [-0.15, -0.1) is 0 Å². The van der Waals surface area contributed by atoms with Crippen LogP contribution in [0.15, 0.2) is 78.1 Å². The van der Waals surface area contributed by atoms with E-state index >= 15 is 0 Å². The van der Waals surface area contributed by atoms with Crippen molar-refractivity contribution in [3.63, 3.8) is 0 Å². The molecule has 1 atom stereocenters. The summed E-state index contributed by atoms with van der Waals surface area (Å²) in [6.45, 7) is 1.52. The summed E-state index contributed by atoms with van der Waals surface area (Å²) < 4.78 is 0. The molecule has 2 aliphatic heterocycles. The molecule has 2 aliphatic rings. The van der Waals surface area contributed by atoms with Gasteiger partial charge in [-0.05, 0) is 17.2 Å². The van der Waals surface area contributed by atoms with Crippen molar-refractivity contribution in [2.24, 2.45) is 0 Å². The summed E-state index contributed by atoms with van der Waals surface area (Å²) in [7, 11) is 3.93. The standard InChI is InChI=1S/C22H23N3O/c1-24-13-14-25(2)22(26)20-18(16-9-5-3-6-10-16)15-19(23-21(20)24)17-11-7-4-8-12-17/h3-12,15,18,23H,13-14H2,1-2H3. The quantitative estimate of drug-likeness (QED) is 0.909. The lowest BCUT2D eigenvalue weighted by atomic mass is 9.86. The van der Waals surface area contributed by atoms with E-state index in [1.807, 2.05) is 55.4 Å². The van der Waals surface area contributed by atoms with E-state index in [1.165, 1.54) is 0 Å². The van der Waals surface area contributed by atoms with E-state index in [0.717, 1.165) is 34.8 Å². The van der Waals surface area contributed by atoms with Crippen molar-refractivity contribution >= 4 is 11.6 Å². The van der Waals surface area contributed by atoms with Gasteiger partial charge in [0.25, 0.3) is 5.91 Å². The lowest BCUT2D eigenvalue weighted by Crippen LogP contribution is -2.34. The smallest absolute Gasteiger partial charge is 0.254 e. The number of dihydropyridines is 1. The number of nitrogens with one attached hydrogen (secondary N) is 1. The van der Waals surface area contributed by atoms with Gasteiger partial charge >= 0.3 is 0 Å². The SMILES string of the molecule is CN1CCN(C)C2=C(C1=O)C(c1ccccc1)C=C(c1ccccc1)N2. The van der Waals surface area contributed by atoms with Crippen LogP contribution in [0, 0.1) is 0 Å². The van der Waals surface area contributed by atoms with Crippen LogP contribution in [0.4, 0.5) is 0 Å². The molecule has 0 aliphatic carbocycles. The predicted molar refractivity (Wildman–Crippen MR) is 104 cm³/mol. The maximum Gasteiger partial charge on any atom is 0.254 e. The van der Waals surface area contributed by atoms with Crippen LogP contribution in [0.2, 0.25) is 0 Å². The monoisotopic (exact) mass is 345 g/mol. The molecular formula is C22H23N3O. The maximum atomic E-state index is 13.1. The third-order valence-electron chi connectivity index (χ3n) is 5.13. The van der Waals surface area contributed by atoms with Crippen LogP contribution in [0.3, 0.4) is 0 Å². The molecule has 0 fully saturated rings. The number of nitrogens with zero attached hydrogens (tertiary/aromatic N) is 2. The van der Waals surface area contributed by atoms with Crippen LogP contribution in [-0.2, 0) is 4.79 Å². The number of carbonyl (C=O) groups excluding carboxylic acids is 1. The summed E-state index contributed by atoms with van der Waals surface area (Å²) in [5.41, 5.74) is 4.12. The highest BCUT2D eigenvalue weighted by Crippen LogP contribution is 2.37. The van der Waals surface area contributed by atoms with E-state index in [4.69, 9.17) is 0 Å². The second-order valence-electron chi connectivity index (χ2n) is 6.87. The molecule has 132 valence electrons. The van der Waals surface area contributed by atoms with Gasteiger partial charge in [0.15, 0.2) is 0 Å². The number of rotatable bonds is 2. The zero-order valence-electron chi connectivity index (χ0n) is 15.1. The van der Waals surface area contributed by atoms with Crippen LogP contribution in [0.5, 0.6) is 0 Å². The minimum Gasteiger partial charge on any atom is -0.359 e. The molecule has 1 unspecified atom stereocenters. The second-order valence-corrected chi connectivity index (χ2v) is 6.87. The lowest BCUT2D eigenvalue weighted by Gasteiger charge is -2.32. The van der Waals surface area contributed by atoms with E-state index < -0.39 is 0 Å². The third-order valence-corrected chi connectivity index (χ3v) is 5.13. The molecule has 4 heteroatoms. The van der Waals surface area contributed by atoms with Crippen molar-refractivity contribution in [1.82, 2.24) is 15.1 Å². The zero-order chi connectivity index (χ0) is 18.1. The van der Waals surface area contributed by atoms with Crippen LogP contribution < -0.4 is 5.32 Å². The Hall–Kier alpha value is -3.01. The molecule has 0 radical (unpaired) electrons. The van der Waals surface area contributed by atoms with Crippen LogP contribution >= 0.6 is 0 Å². The highest BCUT2D eigenvalue weighted by Gasteiger charge is 2.34. The van der Waals surface area contributed by atoms with Gasteiger partial charge in [-0.1, -0.05) is 60.7 Å². The number of carbonyl (C=O) groups is 1. The molecule has 26 heavy (non-hydrogen) atoms. The molecule has 0 spiro atoms.